The summed E-state index contributed by atoms with van der Waals surface area (Å²) in [6.45, 7) is 6.04. The van der Waals surface area contributed by atoms with E-state index in [-0.39, 0.29) is 5.41 Å². The van der Waals surface area contributed by atoms with Gasteiger partial charge in [0.2, 0.25) is 0 Å². The maximum Gasteiger partial charge on any atom is 0.332 e. The van der Waals surface area contributed by atoms with Gasteiger partial charge in [-0.2, -0.15) is 0 Å². The zero-order valence-corrected chi connectivity index (χ0v) is 10.7. The molecule has 0 radical (unpaired) electrons. The quantitative estimate of drug-likeness (QED) is 0.780. The van der Waals surface area contributed by atoms with Crippen LogP contribution in [0.5, 0.6) is 0 Å². The van der Waals surface area contributed by atoms with E-state index in [9.17, 15) is 9.90 Å². The molecule has 92 valence electrons. The molecule has 0 fully saturated rings. The molecule has 1 N–H and O–H groups in total. The molecule has 0 spiro atoms. The lowest BCUT2D eigenvalue weighted by Crippen LogP contribution is -2.21. The van der Waals surface area contributed by atoms with E-state index in [2.05, 4.69) is 6.92 Å². The first-order valence-corrected chi connectivity index (χ1v) is 5.98. The van der Waals surface area contributed by atoms with Crippen LogP contribution in [-0.2, 0) is 4.79 Å². The number of carboxylic acids is 1. The fourth-order valence-corrected chi connectivity index (χ4v) is 2.02. The first-order chi connectivity index (χ1) is 7.97. The van der Waals surface area contributed by atoms with E-state index in [0.29, 0.717) is 5.57 Å². The highest BCUT2D eigenvalue weighted by Crippen LogP contribution is 2.33. The van der Waals surface area contributed by atoms with E-state index in [1.54, 1.807) is 6.08 Å². The molecule has 0 amide bonds. The van der Waals surface area contributed by atoms with Crippen molar-refractivity contribution in [3.8, 4) is 0 Å². The number of hydrogen-bond donors (Lipinski definition) is 1. The Labute approximate surface area is 103 Å². The van der Waals surface area contributed by atoms with Crippen LogP contribution in [0.3, 0.4) is 0 Å². The summed E-state index contributed by atoms with van der Waals surface area (Å²) in [5.74, 6) is -0.827. The minimum atomic E-state index is -0.827. The van der Waals surface area contributed by atoms with E-state index in [4.69, 9.17) is 0 Å². The molecule has 0 unspecified atom stereocenters. The fourth-order valence-electron chi connectivity index (χ4n) is 2.02. The number of carbonyl (C=O) groups is 1. The van der Waals surface area contributed by atoms with Gasteiger partial charge in [-0.05, 0) is 23.5 Å². The Morgan fingerprint density at radius 2 is 1.88 bits per heavy atom. The fraction of sp³-hybridized carbons (Fsp3) is 0.400. The molecule has 0 saturated carbocycles. The van der Waals surface area contributed by atoms with Crippen LogP contribution in [0, 0.1) is 5.41 Å². The number of aliphatic carboxylic acids is 1. The molecule has 0 saturated heterocycles. The molecule has 0 aromatic heterocycles. The summed E-state index contributed by atoms with van der Waals surface area (Å²) in [6.07, 6.45) is 3.63. The third-order valence-electron chi connectivity index (χ3n) is 2.95. The highest BCUT2D eigenvalue weighted by atomic mass is 16.4. The standard InChI is InChI=1S/C15H20O2/c1-4-10-15(2,3)13(14(16)17)11-12-8-6-5-7-9-12/h5-9,11H,4,10H2,1-3H3,(H,16,17)/b13-11+. The van der Waals surface area contributed by atoms with E-state index >= 15 is 0 Å². The van der Waals surface area contributed by atoms with Gasteiger partial charge in [0.25, 0.3) is 0 Å². The average Bonchev–Trinajstić information content (AvgIpc) is 2.26. The van der Waals surface area contributed by atoms with Crippen molar-refractivity contribution >= 4 is 12.0 Å². The average molecular weight is 232 g/mol. The summed E-state index contributed by atoms with van der Waals surface area (Å²) in [5, 5.41) is 9.33. The lowest BCUT2D eigenvalue weighted by molar-refractivity contribution is -0.133. The number of carboxylic acid groups (broad SMARTS) is 1. The second-order valence-corrected chi connectivity index (χ2v) is 4.91. The summed E-state index contributed by atoms with van der Waals surface area (Å²) >= 11 is 0. The molecular formula is C15H20O2. The summed E-state index contributed by atoms with van der Waals surface area (Å²) in [6, 6.07) is 9.60. The van der Waals surface area contributed by atoms with Gasteiger partial charge in [-0.1, -0.05) is 57.5 Å². The van der Waals surface area contributed by atoms with Crippen LogP contribution in [0.4, 0.5) is 0 Å². The summed E-state index contributed by atoms with van der Waals surface area (Å²) < 4.78 is 0. The molecule has 0 aliphatic carbocycles. The monoisotopic (exact) mass is 232 g/mol. The van der Waals surface area contributed by atoms with Crippen LogP contribution in [0.1, 0.15) is 39.2 Å². The van der Waals surface area contributed by atoms with Gasteiger partial charge in [-0.25, -0.2) is 4.79 Å². The van der Waals surface area contributed by atoms with E-state index in [1.165, 1.54) is 0 Å². The van der Waals surface area contributed by atoms with Crippen molar-refractivity contribution < 1.29 is 9.90 Å². The predicted octanol–water partition coefficient (Wildman–Crippen LogP) is 3.98. The second kappa shape index (κ2) is 5.67. The van der Waals surface area contributed by atoms with Gasteiger partial charge in [-0.15, -0.1) is 0 Å². The third kappa shape index (κ3) is 3.74. The highest BCUT2D eigenvalue weighted by molar-refractivity contribution is 5.93. The molecule has 0 heterocycles. The minimum absolute atomic E-state index is 0.295. The van der Waals surface area contributed by atoms with Gasteiger partial charge in [0.15, 0.2) is 0 Å². The summed E-state index contributed by atoms with van der Waals surface area (Å²) in [7, 11) is 0. The van der Waals surface area contributed by atoms with Crippen LogP contribution >= 0.6 is 0 Å². The number of benzene rings is 1. The Kier molecular flexibility index (Phi) is 4.50. The van der Waals surface area contributed by atoms with E-state index < -0.39 is 5.97 Å². The van der Waals surface area contributed by atoms with Gasteiger partial charge in [0, 0.05) is 5.57 Å². The molecule has 0 aliphatic rings. The lowest BCUT2D eigenvalue weighted by Gasteiger charge is -2.25. The van der Waals surface area contributed by atoms with Gasteiger partial charge in [-0.3, -0.25) is 0 Å². The van der Waals surface area contributed by atoms with Crippen molar-refractivity contribution in [2.24, 2.45) is 5.41 Å². The molecule has 0 aliphatic heterocycles. The van der Waals surface area contributed by atoms with E-state index in [0.717, 1.165) is 18.4 Å². The zero-order chi connectivity index (χ0) is 12.9. The SMILES string of the molecule is CCCC(C)(C)/C(=C/c1ccccc1)C(=O)O. The molecule has 1 rings (SSSR count). The van der Waals surface area contributed by atoms with Crippen molar-refractivity contribution in [2.75, 3.05) is 0 Å². The normalized spacial score (nSPS) is 12.5. The predicted molar refractivity (Wildman–Crippen MR) is 70.7 cm³/mol. The number of rotatable bonds is 5. The number of hydrogen-bond acceptors (Lipinski definition) is 1. The largest absolute Gasteiger partial charge is 0.478 e. The Bertz CT molecular complexity index is 402. The summed E-state index contributed by atoms with van der Waals surface area (Å²) in [4.78, 5) is 11.4. The van der Waals surface area contributed by atoms with Crippen LogP contribution in [0.25, 0.3) is 6.08 Å². The molecule has 0 bridgehead atoms. The van der Waals surface area contributed by atoms with Crippen molar-refractivity contribution in [1.29, 1.82) is 0 Å². The molecule has 1 aromatic carbocycles. The molecular weight excluding hydrogens is 212 g/mol. The van der Waals surface area contributed by atoms with Crippen molar-refractivity contribution in [2.45, 2.75) is 33.6 Å². The van der Waals surface area contributed by atoms with Crippen molar-refractivity contribution in [3.63, 3.8) is 0 Å². The van der Waals surface area contributed by atoms with E-state index in [1.807, 2.05) is 44.2 Å². The third-order valence-corrected chi connectivity index (χ3v) is 2.95. The topological polar surface area (TPSA) is 37.3 Å². The molecule has 1 aromatic rings. The Hall–Kier alpha value is -1.57. The molecule has 0 atom stereocenters. The van der Waals surface area contributed by atoms with Gasteiger partial charge in [0.1, 0.15) is 0 Å². The molecule has 2 heteroatoms. The summed E-state index contributed by atoms with van der Waals surface area (Å²) in [5.41, 5.74) is 1.12. The maximum absolute atomic E-state index is 11.4. The Morgan fingerprint density at radius 3 is 2.35 bits per heavy atom. The Morgan fingerprint density at radius 1 is 1.29 bits per heavy atom. The zero-order valence-electron chi connectivity index (χ0n) is 10.7. The smallest absolute Gasteiger partial charge is 0.332 e. The van der Waals surface area contributed by atoms with Crippen LogP contribution in [0.2, 0.25) is 0 Å². The minimum Gasteiger partial charge on any atom is -0.478 e. The maximum atomic E-state index is 11.4. The second-order valence-electron chi connectivity index (χ2n) is 4.91. The Balaban J connectivity index is 3.10. The van der Waals surface area contributed by atoms with Crippen molar-refractivity contribution in [1.82, 2.24) is 0 Å². The molecule has 17 heavy (non-hydrogen) atoms. The van der Waals surface area contributed by atoms with Crippen LogP contribution in [0.15, 0.2) is 35.9 Å². The van der Waals surface area contributed by atoms with Gasteiger partial charge >= 0.3 is 5.97 Å². The highest BCUT2D eigenvalue weighted by Gasteiger charge is 2.27. The first kappa shape index (κ1) is 13.5. The van der Waals surface area contributed by atoms with Crippen LogP contribution in [-0.4, -0.2) is 11.1 Å². The van der Waals surface area contributed by atoms with Crippen LogP contribution < -0.4 is 0 Å². The van der Waals surface area contributed by atoms with Crippen molar-refractivity contribution in [3.05, 3.63) is 41.5 Å². The van der Waals surface area contributed by atoms with Gasteiger partial charge < -0.3 is 5.11 Å². The molecule has 2 nitrogen and oxygen atoms in total. The van der Waals surface area contributed by atoms with Gasteiger partial charge in [0.05, 0.1) is 0 Å². The first-order valence-electron chi connectivity index (χ1n) is 5.98. The lowest BCUT2D eigenvalue weighted by atomic mass is 9.79.